The minimum Gasteiger partial charge on any atom is -0.495 e. The second kappa shape index (κ2) is 7.04. The van der Waals surface area contributed by atoms with Crippen molar-refractivity contribution in [1.82, 2.24) is 0 Å². The van der Waals surface area contributed by atoms with Gasteiger partial charge in [0.1, 0.15) is 5.75 Å². The van der Waals surface area contributed by atoms with Crippen molar-refractivity contribution < 1.29 is 9.53 Å². The highest BCUT2D eigenvalue weighted by atomic mass is 35.5. The van der Waals surface area contributed by atoms with Gasteiger partial charge in [-0.2, -0.15) is 0 Å². The monoisotopic (exact) mass is 363 g/mol. The van der Waals surface area contributed by atoms with E-state index in [0.29, 0.717) is 21.5 Å². The molecule has 0 spiro atoms. The first-order valence-electron chi connectivity index (χ1n) is 7.97. The Kier molecular flexibility index (Phi) is 5.02. The van der Waals surface area contributed by atoms with Crippen molar-refractivity contribution >= 4 is 34.8 Å². The van der Waals surface area contributed by atoms with Gasteiger partial charge in [-0.15, -0.1) is 0 Å². The highest BCUT2D eigenvalue weighted by Crippen LogP contribution is 2.44. The van der Waals surface area contributed by atoms with Crippen LogP contribution >= 0.6 is 23.2 Å². The molecule has 1 amide bonds. The van der Waals surface area contributed by atoms with Gasteiger partial charge in [0.05, 0.1) is 17.5 Å². The van der Waals surface area contributed by atoms with Gasteiger partial charge in [0.2, 0.25) is 5.91 Å². The van der Waals surface area contributed by atoms with Crippen LogP contribution in [0.15, 0.2) is 42.5 Å². The van der Waals surface area contributed by atoms with Crippen LogP contribution in [0.4, 0.5) is 5.69 Å². The molecule has 0 heterocycles. The number of carbonyl (C=O) groups is 1. The van der Waals surface area contributed by atoms with Crippen LogP contribution in [0.25, 0.3) is 0 Å². The number of rotatable bonds is 4. The van der Waals surface area contributed by atoms with Crippen molar-refractivity contribution in [2.75, 3.05) is 12.4 Å². The summed E-state index contributed by atoms with van der Waals surface area (Å²) in [6, 6.07) is 12.8. The van der Waals surface area contributed by atoms with Crippen LogP contribution in [0.5, 0.6) is 5.75 Å². The number of hydrogen-bond donors (Lipinski definition) is 1. The quantitative estimate of drug-likeness (QED) is 0.783. The van der Waals surface area contributed by atoms with Crippen LogP contribution in [0.1, 0.15) is 31.2 Å². The SMILES string of the molecule is COc1ccc(NC(=O)C2(c3ccccc3Cl)CCCC2)cc1Cl. The third kappa shape index (κ3) is 3.11. The zero-order valence-electron chi connectivity index (χ0n) is 13.4. The largest absolute Gasteiger partial charge is 0.495 e. The van der Waals surface area contributed by atoms with E-state index in [1.807, 2.05) is 24.3 Å². The number of anilines is 1. The van der Waals surface area contributed by atoms with Gasteiger partial charge in [0.25, 0.3) is 0 Å². The fourth-order valence-electron chi connectivity index (χ4n) is 3.44. The Morgan fingerprint density at radius 2 is 1.79 bits per heavy atom. The molecule has 0 saturated heterocycles. The molecule has 2 aromatic rings. The summed E-state index contributed by atoms with van der Waals surface area (Å²) in [5.74, 6) is 0.547. The molecule has 0 unspecified atom stereocenters. The number of hydrogen-bond acceptors (Lipinski definition) is 2. The lowest BCUT2D eigenvalue weighted by molar-refractivity contribution is -0.121. The van der Waals surface area contributed by atoms with E-state index in [0.717, 1.165) is 31.2 Å². The molecule has 1 aliphatic rings. The molecule has 0 atom stereocenters. The lowest BCUT2D eigenvalue weighted by Crippen LogP contribution is -2.38. The Hall–Kier alpha value is -1.71. The average Bonchev–Trinajstić information content (AvgIpc) is 3.06. The van der Waals surface area contributed by atoms with Gasteiger partial charge in [0, 0.05) is 10.7 Å². The number of nitrogens with one attached hydrogen (secondary N) is 1. The standard InChI is InChI=1S/C19H19Cl2NO2/c1-24-17-9-8-13(12-16(17)21)22-18(23)19(10-4-5-11-19)14-6-2-3-7-15(14)20/h2-3,6-9,12H,4-5,10-11H2,1H3,(H,22,23). The van der Waals surface area contributed by atoms with Crippen molar-refractivity contribution in [2.24, 2.45) is 0 Å². The number of halogens is 2. The van der Waals surface area contributed by atoms with Gasteiger partial charge < -0.3 is 10.1 Å². The molecule has 126 valence electrons. The zero-order chi connectivity index (χ0) is 17.2. The van der Waals surface area contributed by atoms with E-state index >= 15 is 0 Å². The van der Waals surface area contributed by atoms with Crippen LogP contribution in [0.3, 0.4) is 0 Å². The van der Waals surface area contributed by atoms with Crippen LogP contribution in [0.2, 0.25) is 10.0 Å². The van der Waals surface area contributed by atoms with Gasteiger partial charge in [-0.3, -0.25) is 4.79 Å². The topological polar surface area (TPSA) is 38.3 Å². The summed E-state index contributed by atoms with van der Waals surface area (Å²) in [6.07, 6.45) is 3.63. The highest BCUT2D eigenvalue weighted by Gasteiger charge is 2.43. The van der Waals surface area contributed by atoms with E-state index < -0.39 is 5.41 Å². The minimum absolute atomic E-state index is 0.0330. The second-order valence-corrected chi connectivity index (χ2v) is 6.89. The number of benzene rings is 2. The van der Waals surface area contributed by atoms with Crippen molar-refractivity contribution in [2.45, 2.75) is 31.1 Å². The Morgan fingerprint density at radius 3 is 2.42 bits per heavy atom. The maximum Gasteiger partial charge on any atom is 0.235 e. The van der Waals surface area contributed by atoms with Gasteiger partial charge in [-0.25, -0.2) is 0 Å². The van der Waals surface area contributed by atoms with Crippen molar-refractivity contribution in [3.63, 3.8) is 0 Å². The Labute approximate surface area is 151 Å². The summed E-state index contributed by atoms with van der Waals surface area (Å²) < 4.78 is 5.15. The van der Waals surface area contributed by atoms with Gasteiger partial charge in [-0.05, 0) is 42.7 Å². The lowest BCUT2D eigenvalue weighted by atomic mass is 9.78. The van der Waals surface area contributed by atoms with Gasteiger partial charge in [0.15, 0.2) is 0 Å². The van der Waals surface area contributed by atoms with E-state index in [9.17, 15) is 4.79 Å². The third-order valence-corrected chi connectivity index (χ3v) is 5.32. The Morgan fingerprint density at radius 1 is 1.08 bits per heavy atom. The first kappa shape index (κ1) is 17.1. The normalized spacial score (nSPS) is 16.0. The molecule has 1 saturated carbocycles. The van der Waals surface area contributed by atoms with Crippen LogP contribution < -0.4 is 10.1 Å². The summed E-state index contributed by atoms with van der Waals surface area (Å²) in [7, 11) is 1.56. The molecule has 1 aliphatic carbocycles. The molecule has 1 N–H and O–H groups in total. The summed E-state index contributed by atoms with van der Waals surface area (Å²) in [4.78, 5) is 13.1. The van der Waals surface area contributed by atoms with Gasteiger partial charge >= 0.3 is 0 Å². The van der Waals surface area contributed by atoms with Crippen molar-refractivity contribution in [3.05, 3.63) is 58.1 Å². The molecule has 5 heteroatoms. The number of methoxy groups -OCH3 is 1. The Bertz CT molecular complexity index is 755. The molecule has 0 aromatic heterocycles. The molecule has 0 bridgehead atoms. The van der Waals surface area contributed by atoms with E-state index in [1.165, 1.54) is 0 Å². The minimum atomic E-state index is -0.579. The maximum absolute atomic E-state index is 13.1. The Balaban J connectivity index is 1.91. The summed E-state index contributed by atoms with van der Waals surface area (Å²) in [6.45, 7) is 0. The van der Waals surface area contributed by atoms with E-state index in [4.69, 9.17) is 27.9 Å². The van der Waals surface area contributed by atoms with E-state index in [2.05, 4.69) is 5.32 Å². The maximum atomic E-state index is 13.1. The first-order valence-corrected chi connectivity index (χ1v) is 8.72. The van der Waals surface area contributed by atoms with Crippen LogP contribution in [-0.4, -0.2) is 13.0 Å². The smallest absolute Gasteiger partial charge is 0.235 e. The molecular weight excluding hydrogens is 345 g/mol. The average molecular weight is 364 g/mol. The summed E-state index contributed by atoms with van der Waals surface area (Å²) in [5.41, 5.74) is 0.982. The van der Waals surface area contributed by atoms with Crippen molar-refractivity contribution in [3.8, 4) is 5.75 Å². The predicted octanol–water partition coefficient (Wildman–Crippen LogP) is 5.45. The highest BCUT2D eigenvalue weighted by molar-refractivity contribution is 6.32. The van der Waals surface area contributed by atoms with Crippen LogP contribution in [0, 0.1) is 0 Å². The second-order valence-electron chi connectivity index (χ2n) is 6.07. The van der Waals surface area contributed by atoms with E-state index in [-0.39, 0.29) is 5.91 Å². The number of amides is 1. The summed E-state index contributed by atoms with van der Waals surface area (Å²) in [5, 5.41) is 4.11. The van der Waals surface area contributed by atoms with Gasteiger partial charge in [-0.1, -0.05) is 54.2 Å². The third-order valence-electron chi connectivity index (χ3n) is 4.69. The fourth-order valence-corrected chi connectivity index (χ4v) is 4.02. The molecule has 24 heavy (non-hydrogen) atoms. The molecular formula is C19H19Cl2NO2. The number of carbonyl (C=O) groups excluding carboxylic acids is 1. The molecule has 3 rings (SSSR count). The predicted molar refractivity (Wildman–Crippen MR) is 98.2 cm³/mol. The lowest BCUT2D eigenvalue weighted by Gasteiger charge is -2.29. The molecule has 0 aliphatic heterocycles. The zero-order valence-corrected chi connectivity index (χ0v) is 15.0. The fraction of sp³-hybridized carbons (Fsp3) is 0.316. The molecule has 3 nitrogen and oxygen atoms in total. The molecule has 1 fully saturated rings. The van der Waals surface area contributed by atoms with Crippen LogP contribution in [-0.2, 0) is 10.2 Å². The first-order chi connectivity index (χ1) is 11.6. The van der Waals surface area contributed by atoms with E-state index in [1.54, 1.807) is 25.3 Å². The molecule has 0 radical (unpaired) electrons. The molecule has 2 aromatic carbocycles. The van der Waals surface area contributed by atoms with Crippen molar-refractivity contribution in [1.29, 1.82) is 0 Å². The summed E-state index contributed by atoms with van der Waals surface area (Å²) >= 11 is 12.5. The number of ether oxygens (including phenoxy) is 1.